The SMILES string of the molecule is CCCC(O)C(C)(C)S(C)(=O)=O. The van der Waals surface area contributed by atoms with Gasteiger partial charge in [-0.2, -0.15) is 0 Å². The van der Waals surface area contributed by atoms with Gasteiger partial charge in [0.15, 0.2) is 9.84 Å². The average molecular weight is 194 g/mol. The van der Waals surface area contributed by atoms with E-state index in [1.165, 1.54) is 0 Å². The fraction of sp³-hybridized carbons (Fsp3) is 1.00. The van der Waals surface area contributed by atoms with Gasteiger partial charge in [0.25, 0.3) is 0 Å². The molecule has 0 saturated heterocycles. The summed E-state index contributed by atoms with van der Waals surface area (Å²) in [6.45, 7) is 5.03. The van der Waals surface area contributed by atoms with Crippen molar-refractivity contribution in [3.05, 3.63) is 0 Å². The summed E-state index contributed by atoms with van der Waals surface area (Å²) in [6.07, 6.45) is 1.71. The number of aliphatic hydroxyl groups is 1. The highest BCUT2D eigenvalue weighted by atomic mass is 32.2. The smallest absolute Gasteiger partial charge is 0.155 e. The molecule has 4 heteroatoms. The van der Waals surface area contributed by atoms with E-state index in [1.54, 1.807) is 13.8 Å². The molecule has 0 aliphatic carbocycles. The number of sulfone groups is 1. The van der Waals surface area contributed by atoms with E-state index in [4.69, 9.17) is 0 Å². The van der Waals surface area contributed by atoms with Crippen LogP contribution in [-0.4, -0.2) is 30.6 Å². The van der Waals surface area contributed by atoms with E-state index in [0.717, 1.165) is 12.7 Å². The molecule has 1 atom stereocenters. The lowest BCUT2D eigenvalue weighted by Gasteiger charge is -2.28. The minimum Gasteiger partial charge on any atom is -0.392 e. The Balaban J connectivity index is 4.62. The van der Waals surface area contributed by atoms with Crippen molar-refractivity contribution in [2.45, 2.75) is 44.5 Å². The van der Waals surface area contributed by atoms with Gasteiger partial charge in [-0.15, -0.1) is 0 Å². The van der Waals surface area contributed by atoms with Crippen LogP contribution in [-0.2, 0) is 9.84 Å². The first-order valence-electron chi connectivity index (χ1n) is 4.11. The van der Waals surface area contributed by atoms with Crippen LogP contribution in [0.25, 0.3) is 0 Å². The molecule has 1 unspecified atom stereocenters. The van der Waals surface area contributed by atoms with E-state index < -0.39 is 20.7 Å². The first-order chi connectivity index (χ1) is 5.23. The Labute approximate surface area is 74.7 Å². The summed E-state index contributed by atoms with van der Waals surface area (Å²) in [5.74, 6) is 0. The van der Waals surface area contributed by atoms with Gasteiger partial charge in [-0.1, -0.05) is 13.3 Å². The molecule has 0 heterocycles. The minimum absolute atomic E-state index is 0.528. The third-order valence-electron chi connectivity index (χ3n) is 2.32. The van der Waals surface area contributed by atoms with Crippen LogP contribution >= 0.6 is 0 Å². The van der Waals surface area contributed by atoms with Crippen LogP contribution in [0.15, 0.2) is 0 Å². The molecule has 0 fully saturated rings. The van der Waals surface area contributed by atoms with Gasteiger partial charge in [-0.05, 0) is 20.3 Å². The highest BCUT2D eigenvalue weighted by Crippen LogP contribution is 2.22. The van der Waals surface area contributed by atoms with Crippen molar-refractivity contribution in [3.8, 4) is 0 Å². The Morgan fingerprint density at radius 2 is 1.83 bits per heavy atom. The molecule has 0 rings (SSSR count). The summed E-state index contributed by atoms with van der Waals surface area (Å²) in [4.78, 5) is 0. The number of rotatable bonds is 4. The normalized spacial score (nSPS) is 16.1. The van der Waals surface area contributed by atoms with Gasteiger partial charge < -0.3 is 5.11 Å². The topological polar surface area (TPSA) is 54.4 Å². The van der Waals surface area contributed by atoms with Gasteiger partial charge in [0.1, 0.15) is 0 Å². The van der Waals surface area contributed by atoms with Crippen molar-refractivity contribution in [3.63, 3.8) is 0 Å². The van der Waals surface area contributed by atoms with Crippen LogP contribution in [0.3, 0.4) is 0 Å². The third-order valence-corrected chi connectivity index (χ3v) is 4.50. The van der Waals surface area contributed by atoms with Gasteiger partial charge in [0, 0.05) is 6.26 Å². The standard InChI is InChI=1S/C8H18O3S/c1-5-6-7(9)8(2,3)12(4,10)11/h7,9H,5-6H2,1-4H3. The van der Waals surface area contributed by atoms with Crippen molar-refractivity contribution >= 4 is 9.84 Å². The fourth-order valence-corrected chi connectivity index (χ4v) is 1.48. The number of hydrogen-bond acceptors (Lipinski definition) is 3. The van der Waals surface area contributed by atoms with Crippen LogP contribution in [0.2, 0.25) is 0 Å². The summed E-state index contributed by atoms with van der Waals surface area (Å²) in [5.41, 5.74) is 0. The van der Waals surface area contributed by atoms with Crippen molar-refractivity contribution < 1.29 is 13.5 Å². The Kier molecular flexibility index (Phi) is 3.72. The molecule has 0 bridgehead atoms. The van der Waals surface area contributed by atoms with Crippen LogP contribution in [0.1, 0.15) is 33.6 Å². The summed E-state index contributed by atoms with van der Waals surface area (Å²) < 4.78 is 21.4. The molecular formula is C8H18O3S. The van der Waals surface area contributed by atoms with E-state index in [-0.39, 0.29) is 0 Å². The Morgan fingerprint density at radius 1 is 1.42 bits per heavy atom. The molecule has 0 aromatic carbocycles. The summed E-state index contributed by atoms with van der Waals surface area (Å²) in [5, 5.41) is 9.53. The van der Waals surface area contributed by atoms with Gasteiger partial charge in [-0.3, -0.25) is 0 Å². The highest BCUT2D eigenvalue weighted by molar-refractivity contribution is 7.92. The maximum atomic E-state index is 11.2. The second kappa shape index (κ2) is 3.75. The lowest BCUT2D eigenvalue weighted by molar-refractivity contribution is 0.127. The van der Waals surface area contributed by atoms with E-state index in [0.29, 0.717) is 6.42 Å². The van der Waals surface area contributed by atoms with Crippen LogP contribution in [0.5, 0.6) is 0 Å². The summed E-state index contributed by atoms with van der Waals surface area (Å²) in [6, 6.07) is 0. The minimum atomic E-state index is -3.17. The van der Waals surface area contributed by atoms with E-state index >= 15 is 0 Å². The zero-order chi connectivity index (χ0) is 9.99. The lowest BCUT2D eigenvalue weighted by atomic mass is 10.0. The monoisotopic (exact) mass is 194 g/mol. The van der Waals surface area contributed by atoms with Crippen LogP contribution < -0.4 is 0 Å². The fourth-order valence-electron chi connectivity index (χ4n) is 0.868. The first kappa shape index (κ1) is 11.9. The lowest BCUT2D eigenvalue weighted by Crippen LogP contribution is -2.43. The van der Waals surface area contributed by atoms with Gasteiger partial charge in [-0.25, -0.2) is 8.42 Å². The van der Waals surface area contributed by atoms with Crippen LogP contribution in [0, 0.1) is 0 Å². The van der Waals surface area contributed by atoms with Crippen molar-refractivity contribution in [1.29, 1.82) is 0 Å². The van der Waals surface area contributed by atoms with Gasteiger partial charge in [0.2, 0.25) is 0 Å². The predicted octanol–water partition coefficient (Wildman–Crippen LogP) is 0.971. The predicted molar refractivity (Wildman–Crippen MR) is 49.8 cm³/mol. The molecule has 0 amide bonds. The molecule has 0 spiro atoms. The zero-order valence-electron chi connectivity index (χ0n) is 8.16. The Hall–Kier alpha value is -0.0900. The summed E-state index contributed by atoms with van der Waals surface area (Å²) in [7, 11) is -3.17. The average Bonchev–Trinajstić information content (AvgIpc) is 1.85. The number of aliphatic hydroxyl groups excluding tert-OH is 1. The van der Waals surface area contributed by atoms with Crippen molar-refractivity contribution in [1.82, 2.24) is 0 Å². The first-order valence-corrected chi connectivity index (χ1v) is 6.00. The van der Waals surface area contributed by atoms with E-state index in [2.05, 4.69) is 0 Å². The molecule has 74 valence electrons. The summed E-state index contributed by atoms with van der Waals surface area (Å²) >= 11 is 0. The quantitative estimate of drug-likeness (QED) is 0.725. The molecule has 0 aromatic heterocycles. The molecule has 0 saturated carbocycles. The molecule has 0 radical (unpaired) electrons. The largest absolute Gasteiger partial charge is 0.392 e. The van der Waals surface area contributed by atoms with Crippen LogP contribution in [0.4, 0.5) is 0 Å². The van der Waals surface area contributed by atoms with Gasteiger partial charge in [0.05, 0.1) is 10.9 Å². The Morgan fingerprint density at radius 3 is 2.08 bits per heavy atom. The van der Waals surface area contributed by atoms with E-state index in [1.807, 2.05) is 6.92 Å². The van der Waals surface area contributed by atoms with Crippen molar-refractivity contribution in [2.24, 2.45) is 0 Å². The Bertz CT molecular complexity index is 229. The molecule has 12 heavy (non-hydrogen) atoms. The second-order valence-electron chi connectivity index (χ2n) is 3.68. The maximum absolute atomic E-state index is 11.2. The zero-order valence-corrected chi connectivity index (χ0v) is 8.98. The second-order valence-corrected chi connectivity index (χ2v) is 6.28. The van der Waals surface area contributed by atoms with Gasteiger partial charge >= 0.3 is 0 Å². The molecule has 0 aromatic rings. The molecule has 1 N–H and O–H groups in total. The number of hydrogen-bond donors (Lipinski definition) is 1. The third kappa shape index (κ3) is 2.45. The van der Waals surface area contributed by atoms with E-state index in [9.17, 15) is 13.5 Å². The molecule has 3 nitrogen and oxygen atoms in total. The molecule has 0 aliphatic heterocycles. The molecular weight excluding hydrogens is 176 g/mol. The van der Waals surface area contributed by atoms with Crippen molar-refractivity contribution in [2.75, 3.05) is 6.26 Å². The highest BCUT2D eigenvalue weighted by Gasteiger charge is 2.37. The molecule has 0 aliphatic rings. The maximum Gasteiger partial charge on any atom is 0.155 e.